The van der Waals surface area contributed by atoms with Crippen LogP contribution in [0.3, 0.4) is 0 Å². The summed E-state index contributed by atoms with van der Waals surface area (Å²) in [6, 6.07) is 0.0494. The molecule has 0 spiro atoms. The minimum Gasteiger partial charge on any atom is -0.477 e. The molecule has 1 aliphatic carbocycles. The lowest BCUT2D eigenvalue weighted by atomic mass is 10.1. The van der Waals surface area contributed by atoms with Gasteiger partial charge in [-0.05, 0) is 38.7 Å². The molecule has 4 rings (SSSR count). The van der Waals surface area contributed by atoms with Crippen molar-refractivity contribution in [1.29, 1.82) is 0 Å². The summed E-state index contributed by atoms with van der Waals surface area (Å²) in [6.07, 6.45) is 4.85. The van der Waals surface area contributed by atoms with Crippen LogP contribution in [-0.2, 0) is 16.1 Å². The zero-order valence-electron chi connectivity index (χ0n) is 19.6. The average Bonchev–Trinajstić information content (AvgIpc) is 3.50. The third-order valence-electron chi connectivity index (χ3n) is 5.92. The number of nitrogens with zero attached hydrogens (tertiary/aromatic N) is 3. The lowest BCUT2D eigenvalue weighted by molar-refractivity contribution is -0.686. The second-order valence-electron chi connectivity index (χ2n) is 9.36. The van der Waals surface area contributed by atoms with Crippen molar-refractivity contribution in [2.45, 2.75) is 59.2 Å². The van der Waals surface area contributed by atoms with Crippen LogP contribution in [0.5, 0.6) is 5.88 Å². The summed E-state index contributed by atoms with van der Waals surface area (Å²) in [5, 5.41) is 16.8. The molecule has 2 aliphatic rings. The summed E-state index contributed by atoms with van der Waals surface area (Å²) in [5.41, 5.74) is 0.744. The van der Waals surface area contributed by atoms with Gasteiger partial charge < -0.3 is 20.1 Å². The van der Waals surface area contributed by atoms with E-state index in [9.17, 15) is 19.5 Å². The Morgan fingerprint density at radius 3 is 2.73 bits per heavy atom. The van der Waals surface area contributed by atoms with E-state index in [2.05, 4.69) is 10.4 Å². The van der Waals surface area contributed by atoms with Gasteiger partial charge in [-0.15, -0.1) is 0 Å². The monoisotopic (exact) mass is 458 g/mol. The van der Waals surface area contributed by atoms with E-state index >= 15 is 0 Å². The van der Waals surface area contributed by atoms with Crippen LogP contribution in [0.2, 0.25) is 0 Å². The van der Waals surface area contributed by atoms with E-state index in [-0.39, 0.29) is 35.4 Å². The van der Waals surface area contributed by atoms with E-state index in [4.69, 9.17) is 4.74 Å². The molecule has 1 aliphatic heterocycles. The number of aromatic nitrogens is 3. The third kappa shape index (κ3) is 4.66. The van der Waals surface area contributed by atoms with Gasteiger partial charge >= 0.3 is 17.1 Å². The number of hydrogen-bond donors (Lipinski definition) is 3. The fraction of sp³-hybridized carbons (Fsp3) is 0.565. The highest BCUT2D eigenvalue weighted by Crippen LogP contribution is 2.22. The van der Waals surface area contributed by atoms with Gasteiger partial charge in [0, 0.05) is 25.2 Å². The number of amides is 2. The van der Waals surface area contributed by atoms with Crippen LogP contribution in [0.15, 0.2) is 10.9 Å². The zero-order valence-corrected chi connectivity index (χ0v) is 19.6. The van der Waals surface area contributed by atoms with Gasteiger partial charge in [0.2, 0.25) is 11.5 Å². The second kappa shape index (κ2) is 9.01. The molecule has 0 unspecified atom stereocenters. The standard InChI is InChI=1S/C23H31N5O5/c1-13(2)11-27-21-17(7-8-18(29)26-9-10-33-14(3)12-26)15(4)25-28(21)23(32)19(22(27)31)20(30)24-16-5-6-16/h7-8,13-14,16H,5-6,9-12H2,1-4H3,(H2,24,30,31,32)/p+1/b8-7+/t14-/m0/s1. The molecular formula is C23H32N5O5+. The molecule has 10 nitrogen and oxygen atoms in total. The number of H-pyrrole nitrogens is 1. The Morgan fingerprint density at radius 2 is 2.09 bits per heavy atom. The van der Waals surface area contributed by atoms with Crippen LogP contribution in [0.25, 0.3) is 11.7 Å². The van der Waals surface area contributed by atoms with Crippen molar-refractivity contribution in [3.8, 4) is 5.88 Å². The summed E-state index contributed by atoms with van der Waals surface area (Å²) in [4.78, 5) is 40.4. The molecule has 2 aromatic heterocycles. The number of aryl methyl sites for hydroxylation is 1. The highest BCUT2D eigenvalue weighted by atomic mass is 16.5. The van der Waals surface area contributed by atoms with Crippen molar-refractivity contribution < 1.29 is 24.0 Å². The van der Waals surface area contributed by atoms with Crippen molar-refractivity contribution >= 4 is 23.5 Å². The van der Waals surface area contributed by atoms with Gasteiger partial charge in [0.15, 0.2) is 0 Å². The summed E-state index contributed by atoms with van der Waals surface area (Å²) >= 11 is 0. The van der Waals surface area contributed by atoms with Gasteiger partial charge in [-0.3, -0.25) is 9.59 Å². The number of carbonyl (C=O) groups excluding carboxylic acids is 2. The average molecular weight is 459 g/mol. The van der Waals surface area contributed by atoms with Crippen molar-refractivity contribution in [3.63, 3.8) is 0 Å². The third-order valence-corrected chi connectivity index (χ3v) is 5.92. The SMILES string of the molecule is Cc1[nH]n2c(=O)c(C(=O)NC3CC3)c(O)[n+](CC(C)C)c2c1/C=C/C(=O)N1CCO[C@@H](C)C1. The number of morpholine rings is 1. The van der Waals surface area contributed by atoms with Crippen molar-refractivity contribution in [1.82, 2.24) is 19.8 Å². The lowest BCUT2D eigenvalue weighted by Gasteiger charge is -2.30. The maximum absolute atomic E-state index is 13.2. The number of nitrogens with one attached hydrogen (secondary N) is 2. The first kappa shape index (κ1) is 23.0. The summed E-state index contributed by atoms with van der Waals surface area (Å²) in [5.74, 6) is -0.960. The number of carbonyl (C=O) groups is 2. The molecule has 10 heteroatoms. The highest BCUT2D eigenvalue weighted by molar-refractivity contribution is 5.96. The molecular weight excluding hydrogens is 426 g/mol. The van der Waals surface area contributed by atoms with Gasteiger partial charge in [0.05, 0.1) is 30.5 Å². The number of ether oxygens (including phenoxy) is 1. The Balaban J connectivity index is 1.79. The molecule has 3 heterocycles. The number of aromatic hydroxyl groups is 1. The quantitative estimate of drug-likeness (QED) is 0.436. The minimum atomic E-state index is -0.628. The van der Waals surface area contributed by atoms with Crippen LogP contribution in [0.4, 0.5) is 0 Å². The number of hydrogen-bond acceptors (Lipinski definition) is 5. The number of aromatic amines is 1. The maximum Gasteiger partial charge on any atom is 0.378 e. The van der Waals surface area contributed by atoms with E-state index in [1.54, 1.807) is 22.5 Å². The summed E-state index contributed by atoms with van der Waals surface area (Å²) < 4.78 is 8.34. The van der Waals surface area contributed by atoms with E-state index in [1.807, 2.05) is 20.8 Å². The van der Waals surface area contributed by atoms with Crippen molar-refractivity contribution in [3.05, 3.63) is 33.3 Å². The van der Waals surface area contributed by atoms with Gasteiger partial charge in [-0.2, -0.15) is 4.57 Å². The molecule has 33 heavy (non-hydrogen) atoms. The molecule has 2 amide bonds. The molecule has 0 aromatic carbocycles. The Morgan fingerprint density at radius 1 is 1.36 bits per heavy atom. The zero-order chi connectivity index (χ0) is 23.9. The topological polar surface area (TPSA) is 120 Å². The fourth-order valence-corrected chi connectivity index (χ4v) is 4.12. The van der Waals surface area contributed by atoms with Crippen molar-refractivity contribution in [2.24, 2.45) is 5.92 Å². The Hall–Kier alpha value is -3.14. The van der Waals surface area contributed by atoms with Crippen LogP contribution in [0, 0.1) is 12.8 Å². The molecule has 3 N–H and O–H groups in total. The largest absolute Gasteiger partial charge is 0.477 e. The minimum absolute atomic E-state index is 0.0187. The van der Waals surface area contributed by atoms with Gasteiger partial charge in [0.1, 0.15) is 0 Å². The van der Waals surface area contributed by atoms with E-state index in [0.29, 0.717) is 43.1 Å². The van der Waals surface area contributed by atoms with E-state index in [0.717, 1.165) is 12.8 Å². The maximum atomic E-state index is 13.2. The second-order valence-corrected chi connectivity index (χ2v) is 9.36. The predicted octanol–water partition coefficient (Wildman–Crippen LogP) is 0.738. The smallest absolute Gasteiger partial charge is 0.378 e. The molecule has 2 fully saturated rings. The highest BCUT2D eigenvalue weighted by Gasteiger charge is 2.35. The van der Waals surface area contributed by atoms with E-state index in [1.165, 1.54) is 10.6 Å². The molecule has 2 aromatic rings. The lowest BCUT2D eigenvalue weighted by Crippen LogP contribution is -2.46. The normalized spacial score (nSPS) is 19.1. The van der Waals surface area contributed by atoms with Crippen molar-refractivity contribution in [2.75, 3.05) is 19.7 Å². The van der Waals surface area contributed by atoms with Crippen LogP contribution in [0.1, 0.15) is 55.2 Å². The van der Waals surface area contributed by atoms with Crippen LogP contribution >= 0.6 is 0 Å². The number of fused-ring (bicyclic) bond motifs is 1. The Bertz CT molecular complexity index is 1170. The molecule has 1 saturated carbocycles. The van der Waals surface area contributed by atoms with Gasteiger partial charge in [-0.25, -0.2) is 9.89 Å². The summed E-state index contributed by atoms with van der Waals surface area (Å²) in [7, 11) is 0. The summed E-state index contributed by atoms with van der Waals surface area (Å²) in [6.45, 7) is 9.59. The fourth-order valence-electron chi connectivity index (χ4n) is 4.12. The molecule has 1 atom stereocenters. The predicted molar refractivity (Wildman–Crippen MR) is 121 cm³/mol. The molecule has 1 saturated heterocycles. The molecule has 0 radical (unpaired) electrons. The first-order valence-electron chi connectivity index (χ1n) is 11.5. The Kier molecular flexibility index (Phi) is 6.29. The molecule has 178 valence electrons. The van der Waals surface area contributed by atoms with Gasteiger partial charge in [-0.1, -0.05) is 18.4 Å². The first-order chi connectivity index (χ1) is 15.7. The van der Waals surface area contributed by atoms with Crippen LogP contribution in [-0.4, -0.2) is 63.3 Å². The number of rotatable bonds is 6. The molecule has 0 bridgehead atoms. The van der Waals surface area contributed by atoms with E-state index < -0.39 is 11.5 Å². The Labute approximate surface area is 191 Å². The van der Waals surface area contributed by atoms with Gasteiger partial charge in [0.25, 0.3) is 5.91 Å². The van der Waals surface area contributed by atoms with Crippen LogP contribution < -0.4 is 15.4 Å². The first-order valence-corrected chi connectivity index (χ1v) is 11.5.